The number of ether oxygens (including phenoxy) is 2. The van der Waals surface area contributed by atoms with Gasteiger partial charge in [-0.05, 0) is 37.3 Å². The molecule has 6 nitrogen and oxygen atoms in total. The molecule has 2 heterocycles. The van der Waals surface area contributed by atoms with Gasteiger partial charge in [-0.3, -0.25) is 9.48 Å². The van der Waals surface area contributed by atoms with E-state index < -0.39 is 17.6 Å². The van der Waals surface area contributed by atoms with Gasteiger partial charge < -0.3 is 14.8 Å². The molecule has 0 radical (unpaired) electrons. The molecule has 4 rings (SSSR count). The third-order valence-electron chi connectivity index (χ3n) is 4.60. The molecule has 2 aromatic carbocycles. The smallest absolute Gasteiger partial charge is 0.416 e. The molecule has 0 unspecified atom stereocenters. The van der Waals surface area contributed by atoms with E-state index in [1.807, 2.05) is 0 Å². The second-order valence-electron chi connectivity index (χ2n) is 6.62. The molecule has 0 spiro atoms. The number of alkyl halides is 3. The van der Waals surface area contributed by atoms with E-state index in [-0.39, 0.29) is 5.69 Å². The third kappa shape index (κ3) is 3.96. The van der Waals surface area contributed by atoms with Crippen LogP contribution in [0.4, 0.5) is 18.9 Å². The summed E-state index contributed by atoms with van der Waals surface area (Å²) in [4.78, 5) is 12.7. The van der Waals surface area contributed by atoms with E-state index in [2.05, 4.69) is 10.4 Å². The second-order valence-corrected chi connectivity index (χ2v) is 6.62. The van der Waals surface area contributed by atoms with Crippen LogP contribution < -0.4 is 14.8 Å². The Morgan fingerprint density at radius 1 is 1.10 bits per heavy atom. The summed E-state index contributed by atoms with van der Waals surface area (Å²) in [6.07, 6.45) is -4.45. The number of fused-ring (bicyclic) bond motifs is 1. The maximum atomic E-state index is 13.1. The zero-order valence-corrected chi connectivity index (χ0v) is 16.0. The zero-order valence-electron chi connectivity index (χ0n) is 16.0. The Labute approximate surface area is 170 Å². The highest BCUT2D eigenvalue weighted by atomic mass is 19.4. The molecule has 1 aromatic heterocycles. The number of nitrogens with zero attached hydrogens (tertiary/aromatic N) is 2. The largest absolute Gasteiger partial charge is 0.486 e. The lowest BCUT2D eigenvalue weighted by Gasteiger charge is -2.18. The number of anilines is 1. The van der Waals surface area contributed by atoms with Crippen LogP contribution in [0.1, 0.15) is 23.0 Å². The van der Waals surface area contributed by atoms with Gasteiger partial charge in [0.25, 0.3) is 5.91 Å². The van der Waals surface area contributed by atoms with Crippen molar-refractivity contribution in [3.05, 3.63) is 59.8 Å². The Hall–Kier alpha value is -3.49. The van der Waals surface area contributed by atoms with Crippen LogP contribution in [0.2, 0.25) is 0 Å². The van der Waals surface area contributed by atoms with E-state index in [4.69, 9.17) is 9.47 Å². The minimum absolute atomic E-state index is 0.0964. The van der Waals surface area contributed by atoms with Crippen molar-refractivity contribution < 1.29 is 27.4 Å². The highest BCUT2D eigenvalue weighted by Crippen LogP contribution is 2.34. The van der Waals surface area contributed by atoms with Gasteiger partial charge in [-0.25, -0.2) is 0 Å². The van der Waals surface area contributed by atoms with Gasteiger partial charge in [-0.1, -0.05) is 12.1 Å². The first-order chi connectivity index (χ1) is 14.3. The van der Waals surface area contributed by atoms with Gasteiger partial charge in [0, 0.05) is 23.9 Å². The van der Waals surface area contributed by atoms with Crippen LogP contribution in [0.25, 0.3) is 11.3 Å². The molecular formula is C21H18F3N3O3. The lowest BCUT2D eigenvalue weighted by Crippen LogP contribution is -2.16. The molecule has 9 heteroatoms. The van der Waals surface area contributed by atoms with Gasteiger partial charge in [-0.15, -0.1) is 0 Å². The van der Waals surface area contributed by atoms with Crippen LogP contribution in [0.5, 0.6) is 11.5 Å². The van der Waals surface area contributed by atoms with Crippen molar-refractivity contribution in [1.82, 2.24) is 9.78 Å². The van der Waals surface area contributed by atoms with Crippen LogP contribution in [0.15, 0.2) is 48.5 Å². The van der Waals surface area contributed by atoms with E-state index in [1.54, 1.807) is 31.2 Å². The number of aryl methyl sites for hydroxylation is 1. The van der Waals surface area contributed by atoms with Gasteiger partial charge in [0.1, 0.15) is 13.2 Å². The Morgan fingerprint density at radius 3 is 2.60 bits per heavy atom. The summed E-state index contributed by atoms with van der Waals surface area (Å²) in [7, 11) is 0. The number of amides is 1. The molecule has 0 aliphatic carbocycles. The fraction of sp³-hybridized carbons (Fsp3) is 0.238. The second kappa shape index (κ2) is 7.74. The molecule has 1 aliphatic rings. The van der Waals surface area contributed by atoms with Gasteiger partial charge in [0.2, 0.25) is 0 Å². The summed E-state index contributed by atoms with van der Waals surface area (Å²) in [6.45, 7) is 3.08. The van der Waals surface area contributed by atoms with Gasteiger partial charge in [0.05, 0.1) is 11.3 Å². The molecule has 0 atom stereocenters. The standard InChI is InChI=1S/C21H18F3N3O3/c1-2-27-17(13-4-3-5-14(10-13)21(22,23)24)12-16(26-27)20(28)25-15-6-7-18-19(11-15)30-9-8-29-18/h3-7,10-12H,2,8-9H2,1H3,(H,25,28). The molecular weight excluding hydrogens is 399 g/mol. The quantitative estimate of drug-likeness (QED) is 0.673. The monoisotopic (exact) mass is 417 g/mol. The van der Waals surface area contributed by atoms with E-state index in [0.717, 1.165) is 12.1 Å². The molecule has 156 valence electrons. The molecule has 1 aliphatic heterocycles. The number of carbonyl (C=O) groups excluding carboxylic acids is 1. The van der Waals surface area contributed by atoms with Gasteiger partial charge in [-0.2, -0.15) is 18.3 Å². The molecule has 3 aromatic rings. The molecule has 0 saturated heterocycles. The zero-order chi connectivity index (χ0) is 21.3. The SMILES string of the molecule is CCn1nc(C(=O)Nc2ccc3c(c2)OCCO3)cc1-c1cccc(C(F)(F)F)c1. The van der Waals surface area contributed by atoms with Gasteiger partial charge in [0.15, 0.2) is 17.2 Å². The van der Waals surface area contributed by atoms with Crippen molar-refractivity contribution in [3.63, 3.8) is 0 Å². The van der Waals surface area contributed by atoms with Crippen LogP contribution in [-0.2, 0) is 12.7 Å². The van der Waals surface area contributed by atoms with Crippen molar-refractivity contribution in [2.45, 2.75) is 19.6 Å². The summed E-state index contributed by atoms with van der Waals surface area (Å²) < 4.78 is 51.6. The number of aromatic nitrogens is 2. The minimum atomic E-state index is -4.45. The predicted octanol–water partition coefficient (Wildman–Crippen LogP) is 4.61. The average Bonchev–Trinajstić information content (AvgIpc) is 3.18. The van der Waals surface area contributed by atoms with Gasteiger partial charge >= 0.3 is 6.18 Å². The molecule has 30 heavy (non-hydrogen) atoms. The van der Waals surface area contributed by atoms with Crippen molar-refractivity contribution in [1.29, 1.82) is 0 Å². The van der Waals surface area contributed by atoms with Crippen molar-refractivity contribution in [2.24, 2.45) is 0 Å². The average molecular weight is 417 g/mol. The normalized spacial score (nSPS) is 13.2. The molecule has 1 N–H and O–H groups in total. The number of benzene rings is 2. The first kappa shape index (κ1) is 19.8. The number of hydrogen-bond donors (Lipinski definition) is 1. The van der Waals surface area contributed by atoms with Crippen molar-refractivity contribution in [3.8, 4) is 22.8 Å². The van der Waals surface area contributed by atoms with Crippen LogP contribution >= 0.6 is 0 Å². The van der Waals surface area contributed by atoms with E-state index in [9.17, 15) is 18.0 Å². The van der Waals surface area contributed by atoms with Crippen molar-refractivity contribution >= 4 is 11.6 Å². The lowest BCUT2D eigenvalue weighted by molar-refractivity contribution is -0.137. The first-order valence-electron chi connectivity index (χ1n) is 9.31. The fourth-order valence-electron chi connectivity index (χ4n) is 3.17. The number of nitrogens with one attached hydrogen (secondary N) is 1. The molecule has 0 fully saturated rings. The molecule has 0 bridgehead atoms. The molecule has 1 amide bonds. The summed E-state index contributed by atoms with van der Waals surface area (Å²) in [6, 6.07) is 11.4. The molecule has 0 saturated carbocycles. The van der Waals surface area contributed by atoms with E-state index in [1.165, 1.54) is 16.8 Å². The van der Waals surface area contributed by atoms with Crippen LogP contribution in [-0.4, -0.2) is 28.9 Å². The third-order valence-corrected chi connectivity index (χ3v) is 4.60. The number of halogens is 3. The number of rotatable bonds is 4. The Morgan fingerprint density at radius 2 is 1.87 bits per heavy atom. The topological polar surface area (TPSA) is 65.4 Å². The highest BCUT2D eigenvalue weighted by molar-refractivity contribution is 6.03. The summed E-state index contributed by atoms with van der Waals surface area (Å²) in [5.74, 6) is 0.649. The highest BCUT2D eigenvalue weighted by Gasteiger charge is 2.30. The number of carbonyl (C=O) groups is 1. The summed E-state index contributed by atoms with van der Waals surface area (Å²) in [5, 5.41) is 6.98. The maximum Gasteiger partial charge on any atom is 0.416 e. The Kier molecular flexibility index (Phi) is 5.11. The first-order valence-corrected chi connectivity index (χ1v) is 9.31. The number of hydrogen-bond acceptors (Lipinski definition) is 4. The Balaban J connectivity index is 1.60. The van der Waals surface area contributed by atoms with Crippen LogP contribution in [0.3, 0.4) is 0 Å². The lowest BCUT2D eigenvalue weighted by atomic mass is 10.1. The van der Waals surface area contributed by atoms with E-state index >= 15 is 0 Å². The fourth-order valence-corrected chi connectivity index (χ4v) is 3.17. The predicted molar refractivity (Wildman–Crippen MR) is 104 cm³/mol. The van der Waals surface area contributed by atoms with Crippen molar-refractivity contribution in [2.75, 3.05) is 18.5 Å². The van der Waals surface area contributed by atoms with E-state index in [0.29, 0.717) is 48.2 Å². The summed E-state index contributed by atoms with van der Waals surface area (Å²) in [5.41, 5.74) is 0.592. The maximum absolute atomic E-state index is 13.1. The minimum Gasteiger partial charge on any atom is -0.486 e. The Bertz CT molecular complexity index is 1090. The summed E-state index contributed by atoms with van der Waals surface area (Å²) >= 11 is 0. The van der Waals surface area contributed by atoms with Crippen LogP contribution in [0, 0.1) is 0 Å².